The van der Waals surface area contributed by atoms with Crippen LogP contribution >= 0.6 is 15.9 Å². The molecule has 0 bridgehead atoms. The van der Waals surface area contributed by atoms with Crippen molar-refractivity contribution in [3.63, 3.8) is 0 Å². The summed E-state index contributed by atoms with van der Waals surface area (Å²) in [6, 6.07) is 5.04. The number of benzene rings is 1. The van der Waals surface area contributed by atoms with E-state index in [0.717, 1.165) is 10.0 Å². The highest BCUT2D eigenvalue weighted by Crippen LogP contribution is 2.23. The second-order valence-corrected chi connectivity index (χ2v) is 3.74. The molecule has 1 rings (SSSR count). The number of hydrogen-bond acceptors (Lipinski definition) is 2. The first-order chi connectivity index (χ1) is 6.63. The molecule has 0 unspecified atom stereocenters. The number of halogens is 2. The van der Waals surface area contributed by atoms with E-state index in [9.17, 15) is 9.18 Å². The van der Waals surface area contributed by atoms with Crippen LogP contribution < -0.4 is 4.74 Å². The van der Waals surface area contributed by atoms with Gasteiger partial charge in [-0.15, -0.1) is 0 Å². The molecule has 0 amide bonds. The summed E-state index contributed by atoms with van der Waals surface area (Å²) in [5.41, 5.74) is 0.809. The van der Waals surface area contributed by atoms with Gasteiger partial charge >= 0.3 is 0 Å². The highest BCUT2D eigenvalue weighted by Gasteiger charge is 2.04. The predicted molar refractivity (Wildman–Crippen MR) is 55.1 cm³/mol. The summed E-state index contributed by atoms with van der Waals surface area (Å²) in [6.07, 6.45) is 0.323. The Morgan fingerprint density at radius 1 is 1.57 bits per heavy atom. The van der Waals surface area contributed by atoms with Crippen LogP contribution in [0.1, 0.15) is 12.5 Å². The molecular weight excluding hydrogens is 251 g/mol. The SMILES string of the molecule is CC(=O)Cc1cc(OCF)ccc1Br. The molecule has 0 N–H and O–H groups in total. The summed E-state index contributed by atoms with van der Waals surface area (Å²) in [7, 11) is 0. The lowest BCUT2D eigenvalue weighted by Crippen LogP contribution is -1.98. The van der Waals surface area contributed by atoms with Crippen LogP contribution in [0, 0.1) is 0 Å². The first-order valence-electron chi connectivity index (χ1n) is 4.10. The molecule has 1 aromatic rings. The minimum absolute atomic E-state index is 0.0584. The maximum absolute atomic E-state index is 11.9. The highest BCUT2D eigenvalue weighted by atomic mass is 79.9. The lowest BCUT2D eigenvalue weighted by molar-refractivity contribution is -0.116. The van der Waals surface area contributed by atoms with Gasteiger partial charge in [0.25, 0.3) is 0 Å². The Morgan fingerprint density at radius 3 is 2.86 bits per heavy atom. The number of ether oxygens (including phenoxy) is 1. The van der Waals surface area contributed by atoms with Crippen molar-refractivity contribution < 1.29 is 13.9 Å². The Hall–Kier alpha value is -0.900. The summed E-state index contributed by atoms with van der Waals surface area (Å²) in [6.45, 7) is 0.649. The van der Waals surface area contributed by atoms with Gasteiger partial charge in [-0.25, -0.2) is 4.39 Å². The Bertz CT molecular complexity index is 339. The van der Waals surface area contributed by atoms with E-state index in [2.05, 4.69) is 20.7 Å². The van der Waals surface area contributed by atoms with Gasteiger partial charge in [0.15, 0.2) is 0 Å². The van der Waals surface area contributed by atoms with Gasteiger partial charge in [0.2, 0.25) is 6.86 Å². The Morgan fingerprint density at radius 2 is 2.29 bits per heavy atom. The quantitative estimate of drug-likeness (QED) is 0.833. The average molecular weight is 261 g/mol. The zero-order chi connectivity index (χ0) is 10.6. The fraction of sp³-hybridized carbons (Fsp3) is 0.300. The van der Waals surface area contributed by atoms with Crippen LogP contribution in [0.2, 0.25) is 0 Å². The van der Waals surface area contributed by atoms with E-state index in [-0.39, 0.29) is 5.78 Å². The van der Waals surface area contributed by atoms with Gasteiger partial charge in [0.1, 0.15) is 11.5 Å². The fourth-order valence-electron chi connectivity index (χ4n) is 1.11. The molecule has 76 valence electrons. The molecule has 0 heterocycles. The first-order valence-corrected chi connectivity index (χ1v) is 4.89. The molecule has 0 spiro atoms. The molecule has 0 aromatic heterocycles. The van der Waals surface area contributed by atoms with Gasteiger partial charge in [-0.1, -0.05) is 15.9 Å². The van der Waals surface area contributed by atoms with Crippen molar-refractivity contribution in [1.29, 1.82) is 0 Å². The molecule has 1 aromatic carbocycles. The minimum Gasteiger partial charge on any atom is -0.463 e. The molecule has 0 radical (unpaired) electrons. The van der Waals surface area contributed by atoms with Crippen LogP contribution in [-0.4, -0.2) is 12.6 Å². The summed E-state index contributed by atoms with van der Waals surface area (Å²) in [5.74, 6) is 0.495. The zero-order valence-electron chi connectivity index (χ0n) is 7.72. The molecule has 0 atom stereocenters. The van der Waals surface area contributed by atoms with E-state index in [1.807, 2.05) is 0 Å². The van der Waals surface area contributed by atoms with Gasteiger partial charge in [0, 0.05) is 10.9 Å². The molecular formula is C10H10BrFO2. The third-order valence-electron chi connectivity index (χ3n) is 1.68. The van der Waals surface area contributed by atoms with E-state index < -0.39 is 6.86 Å². The number of carbonyl (C=O) groups is 1. The topological polar surface area (TPSA) is 26.3 Å². The van der Waals surface area contributed by atoms with Crippen molar-refractivity contribution in [2.75, 3.05) is 6.86 Å². The van der Waals surface area contributed by atoms with Gasteiger partial charge < -0.3 is 4.74 Å². The molecule has 0 aliphatic heterocycles. The van der Waals surface area contributed by atoms with Crippen LogP contribution in [0.15, 0.2) is 22.7 Å². The normalized spacial score (nSPS) is 9.93. The van der Waals surface area contributed by atoms with Crippen LogP contribution in [0.5, 0.6) is 5.75 Å². The third-order valence-corrected chi connectivity index (χ3v) is 2.45. The van der Waals surface area contributed by atoms with Gasteiger partial charge in [-0.3, -0.25) is 4.79 Å². The van der Waals surface area contributed by atoms with Crippen molar-refractivity contribution in [3.05, 3.63) is 28.2 Å². The van der Waals surface area contributed by atoms with Crippen molar-refractivity contribution in [2.45, 2.75) is 13.3 Å². The number of rotatable bonds is 4. The van der Waals surface area contributed by atoms with E-state index in [1.165, 1.54) is 6.92 Å². The standard InChI is InChI=1S/C10H10BrFO2/c1-7(13)4-8-5-9(14-6-12)2-3-10(8)11/h2-3,5H,4,6H2,1H3. The van der Waals surface area contributed by atoms with Gasteiger partial charge in [-0.05, 0) is 30.7 Å². The lowest BCUT2D eigenvalue weighted by Gasteiger charge is -2.05. The first kappa shape index (κ1) is 11.2. The third kappa shape index (κ3) is 3.10. The molecule has 0 aliphatic carbocycles. The van der Waals surface area contributed by atoms with Gasteiger partial charge in [-0.2, -0.15) is 0 Å². The van der Waals surface area contributed by atoms with Crippen LogP contribution in [0.25, 0.3) is 0 Å². The minimum atomic E-state index is -0.860. The van der Waals surface area contributed by atoms with Crippen LogP contribution in [-0.2, 0) is 11.2 Å². The van der Waals surface area contributed by atoms with E-state index >= 15 is 0 Å². The largest absolute Gasteiger partial charge is 0.463 e. The number of hydrogen-bond donors (Lipinski definition) is 0. The Labute approximate surface area is 90.2 Å². The molecule has 14 heavy (non-hydrogen) atoms. The maximum Gasteiger partial charge on any atom is 0.228 e. The summed E-state index contributed by atoms with van der Waals surface area (Å²) in [5, 5.41) is 0. The molecule has 0 aliphatic rings. The summed E-state index contributed by atoms with van der Waals surface area (Å²) < 4.78 is 17.4. The highest BCUT2D eigenvalue weighted by molar-refractivity contribution is 9.10. The maximum atomic E-state index is 11.9. The van der Waals surface area contributed by atoms with Crippen molar-refractivity contribution in [1.82, 2.24) is 0 Å². The smallest absolute Gasteiger partial charge is 0.228 e. The average Bonchev–Trinajstić information content (AvgIpc) is 2.10. The summed E-state index contributed by atoms with van der Waals surface area (Å²) in [4.78, 5) is 10.9. The summed E-state index contributed by atoms with van der Waals surface area (Å²) >= 11 is 3.31. The lowest BCUT2D eigenvalue weighted by atomic mass is 10.1. The monoisotopic (exact) mass is 260 g/mol. The number of ketones is 1. The van der Waals surface area contributed by atoms with Crippen LogP contribution in [0.3, 0.4) is 0 Å². The van der Waals surface area contributed by atoms with E-state index in [0.29, 0.717) is 12.2 Å². The Kier molecular flexibility index (Phi) is 4.07. The number of Topliss-reactive ketones (excluding diaryl/α,β-unsaturated/α-hetero) is 1. The van der Waals surface area contributed by atoms with E-state index in [4.69, 9.17) is 0 Å². The van der Waals surface area contributed by atoms with Crippen molar-refractivity contribution in [2.24, 2.45) is 0 Å². The van der Waals surface area contributed by atoms with Crippen molar-refractivity contribution in [3.8, 4) is 5.75 Å². The molecule has 0 saturated carbocycles. The zero-order valence-corrected chi connectivity index (χ0v) is 9.30. The molecule has 0 saturated heterocycles. The number of carbonyl (C=O) groups excluding carboxylic acids is 1. The van der Waals surface area contributed by atoms with E-state index in [1.54, 1.807) is 18.2 Å². The van der Waals surface area contributed by atoms with Crippen molar-refractivity contribution >= 4 is 21.7 Å². The fourth-order valence-corrected chi connectivity index (χ4v) is 1.49. The predicted octanol–water partition coefficient (Wildman–Crippen LogP) is 2.89. The second kappa shape index (κ2) is 5.10. The molecule has 0 fully saturated rings. The van der Waals surface area contributed by atoms with Crippen LogP contribution in [0.4, 0.5) is 4.39 Å². The molecule has 2 nitrogen and oxygen atoms in total. The second-order valence-electron chi connectivity index (χ2n) is 2.89. The molecule has 4 heteroatoms. The Balaban J connectivity index is 2.90. The van der Waals surface area contributed by atoms with Gasteiger partial charge in [0.05, 0.1) is 0 Å². The number of alkyl halides is 1.